The average Bonchev–Trinajstić information content (AvgIpc) is 2.17. The Kier molecular flexibility index (Phi) is 2.99. The van der Waals surface area contributed by atoms with Gasteiger partial charge in [-0.05, 0) is 51.4 Å². The molecule has 3 heteroatoms. The van der Waals surface area contributed by atoms with Crippen molar-refractivity contribution in [1.29, 1.82) is 0 Å². The Morgan fingerprint density at radius 1 is 1.38 bits per heavy atom. The van der Waals surface area contributed by atoms with Gasteiger partial charge >= 0.3 is 0 Å². The highest BCUT2D eigenvalue weighted by Crippen LogP contribution is 2.36. The summed E-state index contributed by atoms with van der Waals surface area (Å²) >= 11 is 3.24. The van der Waals surface area contributed by atoms with Crippen LogP contribution in [0, 0.1) is 17.2 Å². The lowest BCUT2D eigenvalue weighted by Gasteiger charge is -2.35. The molecule has 0 spiro atoms. The topological polar surface area (TPSA) is 12.0 Å². The van der Waals surface area contributed by atoms with E-state index in [-0.39, 0.29) is 11.2 Å². The number of rotatable bonds is 0. The summed E-state index contributed by atoms with van der Waals surface area (Å²) in [5, 5.41) is 3.33. The van der Waals surface area contributed by atoms with E-state index in [0.717, 1.165) is 18.7 Å². The molecule has 1 aliphatic heterocycles. The van der Waals surface area contributed by atoms with Crippen LogP contribution in [0.1, 0.15) is 26.3 Å². The number of hydrogen-bond donors (Lipinski definition) is 1. The molecule has 0 saturated heterocycles. The van der Waals surface area contributed by atoms with Crippen molar-refractivity contribution in [3.05, 3.63) is 28.0 Å². The molecule has 1 atom stereocenters. The first-order valence-electron chi connectivity index (χ1n) is 5.59. The second kappa shape index (κ2) is 4.02. The predicted molar refractivity (Wildman–Crippen MR) is 69.2 cm³/mol. The summed E-state index contributed by atoms with van der Waals surface area (Å²) in [6, 6.07) is 3.48. The summed E-state index contributed by atoms with van der Waals surface area (Å²) in [7, 11) is 0. The zero-order valence-electron chi connectivity index (χ0n) is 9.90. The molecule has 1 unspecified atom stereocenters. The van der Waals surface area contributed by atoms with E-state index < -0.39 is 0 Å². The minimum atomic E-state index is -0.194. The van der Waals surface area contributed by atoms with Gasteiger partial charge in [-0.15, -0.1) is 0 Å². The molecular weight excluding hydrogens is 269 g/mol. The van der Waals surface area contributed by atoms with Gasteiger partial charge in [0.05, 0.1) is 4.47 Å². The standard InChI is InChI=1S/C13H17BrFN/c1-13(2,3)9-4-8-5-10(14)11(15)6-12(8)16-7-9/h5-6,9,16H,4,7H2,1-3H3. The molecule has 1 aliphatic rings. The Morgan fingerprint density at radius 3 is 2.69 bits per heavy atom. The Labute approximate surface area is 105 Å². The molecule has 0 aliphatic carbocycles. The van der Waals surface area contributed by atoms with E-state index in [4.69, 9.17) is 0 Å². The van der Waals surface area contributed by atoms with Gasteiger partial charge in [0.25, 0.3) is 0 Å². The van der Waals surface area contributed by atoms with Crippen LogP contribution in [0.5, 0.6) is 0 Å². The molecule has 2 rings (SSSR count). The highest BCUT2D eigenvalue weighted by molar-refractivity contribution is 9.10. The second-order valence-electron chi connectivity index (χ2n) is 5.57. The molecule has 0 bridgehead atoms. The van der Waals surface area contributed by atoms with E-state index in [2.05, 4.69) is 42.0 Å². The summed E-state index contributed by atoms with van der Waals surface area (Å²) in [6.45, 7) is 7.69. The fourth-order valence-electron chi connectivity index (χ4n) is 2.10. The van der Waals surface area contributed by atoms with Crippen LogP contribution in [0.3, 0.4) is 0 Å². The molecule has 16 heavy (non-hydrogen) atoms. The lowest BCUT2D eigenvalue weighted by atomic mass is 9.75. The van der Waals surface area contributed by atoms with Crippen LogP contribution in [0.2, 0.25) is 0 Å². The zero-order chi connectivity index (χ0) is 11.9. The zero-order valence-corrected chi connectivity index (χ0v) is 11.5. The smallest absolute Gasteiger partial charge is 0.139 e. The third kappa shape index (κ3) is 2.24. The van der Waals surface area contributed by atoms with E-state index in [0.29, 0.717) is 10.4 Å². The van der Waals surface area contributed by atoms with Crippen LogP contribution in [-0.2, 0) is 6.42 Å². The Hall–Kier alpha value is -0.570. The highest BCUT2D eigenvalue weighted by Gasteiger charge is 2.29. The summed E-state index contributed by atoms with van der Waals surface area (Å²) in [5.41, 5.74) is 2.44. The fourth-order valence-corrected chi connectivity index (χ4v) is 2.50. The molecule has 0 fully saturated rings. The lowest BCUT2D eigenvalue weighted by molar-refractivity contribution is 0.247. The van der Waals surface area contributed by atoms with Gasteiger partial charge < -0.3 is 5.32 Å². The maximum Gasteiger partial charge on any atom is 0.139 e. The summed E-state index contributed by atoms with van der Waals surface area (Å²) in [6.07, 6.45) is 1.02. The van der Waals surface area contributed by atoms with Crippen molar-refractivity contribution in [2.75, 3.05) is 11.9 Å². The number of anilines is 1. The van der Waals surface area contributed by atoms with Crippen molar-refractivity contribution in [3.8, 4) is 0 Å². The van der Waals surface area contributed by atoms with Crippen LogP contribution in [-0.4, -0.2) is 6.54 Å². The van der Waals surface area contributed by atoms with Gasteiger partial charge in [0.1, 0.15) is 5.82 Å². The van der Waals surface area contributed by atoms with Crippen LogP contribution >= 0.6 is 15.9 Å². The molecule has 0 aromatic heterocycles. The van der Waals surface area contributed by atoms with Crippen molar-refractivity contribution in [1.82, 2.24) is 0 Å². The minimum Gasteiger partial charge on any atom is -0.384 e. The normalized spacial score (nSPS) is 20.2. The average molecular weight is 286 g/mol. The minimum absolute atomic E-state index is 0.194. The van der Waals surface area contributed by atoms with Crippen molar-refractivity contribution in [2.45, 2.75) is 27.2 Å². The summed E-state index contributed by atoms with van der Waals surface area (Å²) in [5.74, 6) is 0.401. The number of halogens is 2. The summed E-state index contributed by atoms with van der Waals surface area (Å²) < 4.78 is 13.9. The third-order valence-corrected chi connectivity index (χ3v) is 3.98. The second-order valence-corrected chi connectivity index (χ2v) is 6.43. The quantitative estimate of drug-likeness (QED) is 0.753. The van der Waals surface area contributed by atoms with Gasteiger partial charge in [-0.1, -0.05) is 20.8 Å². The molecule has 0 amide bonds. The van der Waals surface area contributed by atoms with Gasteiger partial charge in [0.15, 0.2) is 0 Å². The van der Waals surface area contributed by atoms with Crippen LogP contribution < -0.4 is 5.32 Å². The predicted octanol–water partition coefficient (Wildman–Crippen LogP) is 4.22. The molecule has 0 radical (unpaired) electrons. The van der Waals surface area contributed by atoms with Crippen LogP contribution in [0.25, 0.3) is 0 Å². The first kappa shape index (κ1) is 11.9. The Balaban J connectivity index is 2.31. The van der Waals surface area contributed by atoms with Crippen molar-refractivity contribution < 1.29 is 4.39 Å². The fraction of sp³-hybridized carbons (Fsp3) is 0.538. The number of hydrogen-bond acceptors (Lipinski definition) is 1. The van der Waals surface area contributed by atoms with Crippen LogP contribution in [0.15, 0.2) is 16.6 Å². The number of benzene rings is 1. The molecule has 1 aromatic rings. The van der Waals surface area contributed by atoms with E-state index in [1.54, 1.807) is 6.07 Å². The van der Waals surface area contributed by atoms with E-state index >= 15 is 0 Å². The lowest BCUT2D eigenvalue weighted by Crippen LogP contribution is -2.33. The van der Waals surface area contributed by atoms with Crippen molar-refractivity contribution in [2.24, 2.45) is 11.3 Å². The highest BCUT2D eigenvalue weighted by atomic mass is 79.9. The van der Waals surface area contributed by atoms with E-state index in [1.165, 1.54) is 5.56 Å². The molecule has 88 valence electrons. The van der Waals surface area contributed by atoms with Crippen LogP contribution in [0.4, 0.5) is 10.1 Å². The maximum atomic E-state index is 13.4. The number of nitrogens with one attached hydrogen (secondary N) is 1. The molecule has 1 nitrogen and oxygen atoms in total. The third-order valence-electron chi connectivity index (χ3n) is 3.38. The SMILES string of the molecule is CC(C)(C)C1CNc2cc(F)c(Br)cc2C1. The Bertz CT molecular complexity index is 409. The first-order valence-corrected chi connectivity index (χ1v) is 6.39. The molecule has 1 aromatic carbocycles. The van der Waals surface area contributed by atoms with Crippen molar-refractivity contribution >= 4 is 21.6 Å². The summed E-state index contributed by atoms with van der Waals surface area (Å²) in [4.78, 5) is 0. The number of fused-ring (bicyclic) bond motifs is 1. The van der Waals surface area contributed by atoms with Crippen molar-refractivity contribution in [3.63, 3.8) is 0 Å². The van der Waals surface area contributed by atoms with E-state index in [9.17, 15) is 4.39 Å². The molecule has 1 heterocycles. The molecular formula is C13H17BrFN. The monoisotopic (exact) mass is 285 g/mol. The largest absolute Gasteiger partial charge is 0.384 e. The van der Waals surface area contributed by atoms with Gasteiger partial charge in [-0.3, -0.25) is 0 Å². The molecule has 0 saturated carbocycles. The van der Waals surface area contributed by atoms with Gasteiger partial charge in [0, 0.05) is 12.2 Å². The first-order chi connectivity index (χ1) is 7.38. The van der Waals surface area contributed by atoms with E-state index in [1.807, 2.05) is 6.07 Å². The van der Waals surface area contributed by atoms with Gasteiger partial charge in [-0.2, -0.15) is 0 Å². The maximum absolute atomic E-state index is 13.4. The van der Waals surface area contributed by atoms with Gasteiger partial charge in [0.2, 0.25) is 0 Å². The Morgan fingerprint density at radius 2 is 2.06 bits per heavy atom. The van der Waals surface area contributed by atoms with Gasteiger partial charge in [-0.25, -0.2) is 4.39 Å². The molecule has 1 N–H and O–H groups in total.